The fourth-order valence-corrected chi connectivity index (χ4v) is 3.64. The van der Waals surface area contributed by atoms with E-state index < -0.39 is 0 Å². The van der Waals surface area contributed by atoms with Crippen LogP contribution in [0.4, 0.5) is 5.69 Å². The smallest absolute Gasteiger partial charge is 0.165 e. The molecule has 21 heavy (non-hydrogen) atoms. The van der Waals surface area contributed by atoms with Gasteiger partial charge in [0.05, 0.1) is 6.04 Å². The predicted octanol–water partition coefficient (Wildman–Crippen LogP) is 4.48. The summed E-state index contributed by atoms with van der Waals surface area (Å²) in [5.41, 5.74) is 2.12. The second kappa shape index (κ2) is 5.99. The van der Waals surface area contributed by atoms with E-state index in [0.29, 0.717) is 0 Å². The number of benzene rings is 1. The normalized spacial score (nSPS) is 12.3. The first-order valence-electron chi connectivity index (χ1n) is 6.59. The van der Waals surface area contributed by atoms with Gasteiger partial charge in [-0.25, -0.2) is 0 Å². The van der Waals surface area contributed by atoms with E-state index in [-0.39, 0.29) is 6.04 Å². The first kappa shape index (κ1) is 14.3. The lowest BCUT2D eigenvalue weighted by Gasteiger charge is -2.16. The SMILES string of the molecule is CC(Nc1ccccc1-c1nncn1C)c1cc(Br)cs1. The lowest BCUT2D eigenvalue weighted by molar-refractivity contribution is 0.900. The molecule has 3 aromatic rings. The maximum absolute atomic E-state index is 4.20. The van der Waals surface area contributed by atoms with E-state index in [4.69, 9.17) is 0 Å². The van der Waals surface area contributed by atoms with Crippen molar-refractivity contribution in [2.75, 3.05) is 5.32 Å². The summed E-state index contributed by atoms with van der Waals surface area (Å²) in [6.45, 7) is 2.16. The molecule has 0 aliphatic carbocycles. The van der Waals surface area contributed by atoms with Crippen LogP contribution in [0.1, 0.15) is 17.8 Å². The van der Waals surface area contributed by atoms with Crippen LogP contribution in [-0.2, 0) is 7.05 Å². The summed E-state index contributed by atoms with van der Waals surface area (Å²) in [5.74, 6) is 0.859. The number of para-hydroxylation sites is 1. The molecular weight excluding hydrogens is 348 g/mol. The van der Waals surface area contributed by atoms with Gasteiger partial charge >= 0.3 is 0 Å². The second-order valence-electron chi connectivity index (χ2n) is 4.84. The maximum atomic E-state index is 4.20. The summed E-state index contributed by atoms with van der Waals surface area (Å²) in [5, 5.41) is 13.8. The van der Waals surface area contributed by atoms with Crippen molar-refractivity contribution >= 4 is 33.0 Å². The zero-order valence-corrected chi connectivity index (χ0v) is 14.1. The van der Waals surface area contributed by atoms with Crippen LogP contribution in [0, 0.1) is 0 Å². The summed E-state index contributed by atoms with van der Waals surface area (Å²) >= 11 is 5.24. The molecule has 1 unspecified atom stereocenters. The summed E-state index contributed by atoms with van der Waals surface area (Å²) < 4.78 is 3.05. The van der Waals surface area contributed by atoms with Crippen molar-refractivity contribution in [3.63, 3.8) is 0 Å². The second-order valence-corrected chi connectivity index (χ2v) is 6.70. The molecule has 2 heterocycles. The molecule has 0 spiro atoms. The van der Waals surface area contributed by atoms with Crippen LogP contribution in [0.3, 0.4) is 0 Å². The lowest BCUT2D eigenvalue weighted by Crippen LogP contribution is -2.06. The molecule has 108 valence electrons. The molecule has 0 bridgehead atoms. The van der Waals surface area contributed by atoms with E-state index in [1.165, 1.54) is 4.88 Å². The molecule has 0 amide bonds. The van der Waals surface area contributed by atoms with E-state index in [1.807, 2.05) is 23.7 Å². The molecule has 0 aliphatic rings. The zero-order chi connectivity index (χ0) is 14.8. The number of anilines is 1. The van der Waals surface area contributed by atoms with Gasteiger partial charge in [-0.2, -0.15) is 0 Å². The first-order chi connectivity index (χ1) is 10.1. The third-order valence-corrected chi connectivity index (χ3v) is 5.14. The number of hydrogen-bond acceptors (Lipinski definition) is 4. The van der Waals surface area contributed by atoms with Crippen molar-refractivity contribution in [2.24, 2.45) is 7.05 Å². The van der Waals surface area contributed by atoms with Gasteiger partial charge in [-0.3, -0.25) is 0 Å². The maximum Gasteiger partial charge on any atom is 0.165 e. The van der Waals surface area contributed by atoms with Crippen LogP contribution in [0.5, 0.6) is 0 Å². The van der Waals surface area contributed by atoms with Crippen LogP contribution in [0.15, 0.2) is 46.5 Å². The number of aromatic nitrogens is 3. The predicted molar refractivity (Wildman–Crippen MR) is 90.5 cm³/mol. The zero-order valence-electron chi connectivity index (χ0n) is 11.7. The van der Waals surface area contributed by atoms with Crippen LogP contribution < -0.4 is 5.32 Å². The van der Waals surface area contributed by atoms with Gasteiger partial charge in [-0.05, 0) is 41.1 Å². The van der Waals surface area contributed by atoms with Crippen molar-refractivity contribution in [3.8, 4) is 11.4 Å². The highest BCUT2D eigenvalue weighted by atomic mass is 79.9. The Morgan fingerprint density at radius 2 is 2.14 bits per heavy atom. The molecule has 6 heteroatoms. The highest BCUT2D eigenvalue weighted by molar-refractivity contribution is 9.10. The fraction of sp³-hybridized carbons (Fsp3) is 0.200. The molecule has 0 radical (unpaired) electrons. The van der Waals surface area contributed by atoms with E-state index in [2.05, 4.69) is 61.9 Å². The molecule has 0 saturated carbocycles. The first-order valence-corrected chi connectivity index (χ1v) is 8.26. The molecule has 1 N–H and O–H groups in total. The van der Waals surface area contributed by atoms with Gasteiger partial charge in [0.1, 0.15) is 6.33 Å². The molecule has 2 aromatic heterocycles. The van der Waals surface area contributed by atoms with Crippen molar-refractivity contribution in [3.05, 3.63) is 51.4 Å². The number of nitrogens with zero attached hydrogens (tertiary/aromatic N) is 3. The number of rotatable bonds is 4. The molecule has 0 saturated heterocycles. The number of thiophene rings is 1. The summed E-state index contributed by atoms with van der Waals surface area (Å²) in [7, 11) is 1.95. The van der Waals surface area contributed by atoms with Crippen LogP contribution in [0.2, 0.25) is 0 Å². The van der Waals surface area contributed by atoms with Gasteiger partial charge in [-0.15, -0.1) is 21.5 Å². The minimum atomic E-state index is 0.232. The van der Waals surface area contributed by atoms with E-state index in [0.717, 1.165) is 21.5 Å². The van der Waals surface area contributed by atoms with Crippen molar-refractivity contribution < 1.29 is 0 Å². The minimum Gasteiger partial charge on any atom is -0.377 e. The molecule has 0 fully saturated rings. The Labute approximate surface area is 136 Å². The standard InChI is InChI=1S/C15H15BrN4S/c1-10(14-7-11(16)8-21-14)18-13-6-4-3-5-12(13)15-19-17-9-20(15)2/h3-10,18H,1-2H3. The molecule has 1 aromatic carbocycles. The molecule has 4 nitrogen and oxygen atoms in total. The summed E-state index contributed by atoms with van der Waals surface area (Å²) in [6, 6.07) is 10.6. The highest BCUT2D eigenvalue weighted by Crippen LogP contribution is 2.31. The molecule has 1 atom stereocenters. The summed E-state index contributed by atoms with van der Waals surface area (Å²) in [4.78, 5) is 1.29. The third kappa shape index (κ3) is 3.01. The van der Waals surface area contributed by atoms with Gasteiger partial charge < -0.3 is 9.88 Å². The molecule has 3 rings (SSSR count). The van der Waals surface area contributed by atoms with Crippen LogP contribution >= 0.6 is 27.3 Å². The number of hydrogen-bond donors (Lipinski definition) is 1. The number of nitrogens with one attached hydrogen (secondary N) is 1. The quantitative estimate of drug-likeness (QED) is 0.743. The Bertz CT molecular complexity index is 749. The van der Waals surface area contributed by atoms with Crippen molar-refractivity contribution in [2.45, 2.75) is 13.0 Å². The minimum absolute atomic E-state index is 0.232. The van der Waals surface area contributed by atoms with E-state index in [9.17, 15) is 0 Å². The average Bonchev–Trinajstić information content (AvgIpc) is 3.08. The van der Waals surface area contributed by atoms with Gasteiger partial charge in [0.15, 0.2) is 5.82 Å². The van der Waals surface area contributed by atoms with Gasteiger partial charge in [0, 0.05) is 33.0 Å². The molecular formula is C15H15BrN4S. The topological polar surface area (TPSA) is 42.7 Å². The highest BCUT2D eigenvalue weighted by Gasteiger charge is 2.13. The number of aryl methyl sites for hydroxylation is 1. The van der Waals surface area contributed by atoms with Gasteiger partial charge in [0.25, 0.3) is 0 Å². The summed E-state index contributed by atoms with van der Waals surface area (Å²) in [6.07, 6.45) is 1.71. The van der Waals surface area contributed by atoms with Crippen LogP contribution in [0.25, 0.3) is 11.4 Å². The Morgan fingerprint density at radius 1 is 1.33 bits per heavy atom. The van der Waals surface area contributed by atoms with Gasteiger partial charge in [0.2, 0.25) is 0 Å². The Hall–Kier alpha value is -1.66. The lowest BCUT2D eigenvalue weighted by atomic mass is 10.1. The third-order valence-electron chi connectivity index (χ3n) is 3.27. The molecule has 0 aliphatic heterocycles. The van der Waals surface area contributed by atoms with E-state index in [1.54, 1.807) is 17.7 Å². The van der Waals surface area contributed by atoms with Crippen LogP contribution in [-0.4, -0.2) is 14.8 Å². The number of halogens is 1. The van der Waals surface area contributed by atoms with E-state index >= 15 is 0 Å². The van der Waals surface area contributed by atoms with Gasteiger partial charge in [-0.1, -0.05) is 12.1 Å². The Morgan fingerprint density at radius 3 is 2.81 bits per heavy atom. The Balaban J connectivity index is 1.91. The largest absolute Gasteiger partial charge is 0.377 e. The average molecular weight is 363 g/mol. The fourth-order valence-electron chi connectivity index (χ4n) is 2.19. The monoisotopic (exact) mass is 362 g/mol. The Kier molecular flexibility index (Phi) is 4.07. The van der Waals surface area contributed by atoms with Crippen molar-refractivity contribution in [1.29, 1.82) is 0 Å². The van der Waals surface area contributed by atoms with Crippen molar-refractivity contribution in [1.82, 2.24) is 14.8 Å².